The first-order chi connectivity index (χ1) is 12.3. The predicted octanol–water partition coefficient (Wildman–Crippen LogP) is 4.59. The maximum atomic E-state index is 12.9. The molecule has 0 saturated carbocycles. The van der Waals surface area contributed by atoms with E-state index in [1.54, 1.807) is 17.3 Å². The number of amides is 1. The van der Waals surface area contributed by atoms with Crippen LogP contribution in [0.2, 0.25) is 0 Å². The number of rotatable bonds is 6. The van der Waals surface area contributed by atoms with Gasteiger partial charge in [0.25, 0.3) is 5.91 Å². The van der Waals surface area contributed by atoms with Crippen molar-refractivity contribution in [1.82, 2.24) is 9.97 Å². The van der Waals surface area contributed by atoms with E-state index in [4.69, 9.17) is 0 Å². The number of nitrogens with zero attached hydrogens (tertiary/aromatic N) is 3. The van der Waals surface area contributed by atoms with Gasteiger partial charge in [-0.2, -0.15) is 0 Å². The molecule has 0 saturated heterocycles. The summed E-state index contributed by atoms with van der Waals surface area (Å²) in [5.74, 6) is 0.552. The Labute approximate surface area is 148 Å². The standard InChI is InChI=1S/C21H21N3O/c1-2-3-14-24(19-12-8-5-9-13-19)21(25)18-15-22-20(23-16-18)17-10-6-4-7-11-17/h4-13,15-16H,2-3,14H2,1H3. The van der Waals surface area contributed by atoms with Crippen molar-refractivity contribution in [3.05, 3.63) is 78.6 Å². The summed E-state index contributed by atoms with van der Waals surface area (Å²) in [4.78, 5) is 23.5. The lowest BCUT2D eigenvalue weighted by molar-refractivity contribution is 0.0986. The molecule has 1 heterocycles. The molecular formula is C21H21N3O. The van der Waals surface area contributed by atoms with E-state index in [2.05, 4.69) is 16.9 Å². The molecule has 0 aliphatic heterocycles. The smallest absolute Gasteiger partial charge is 0.261 e. The molecule has 4 heteroatoms. The first-order valence-corrected chi connectivity index (χ1v) is 8.54. The number of carbonyl (C=O) groups is 1. The minimum Gasteiger partial charge on any atom is -0.308 e. The predicted molar refractivity (Wildman–Crippen MR) is 100 cm³/mol. The molecule has 0 fully saturated rings. The number of unbranched alkanes of at least 4 members (excludes halogenated alkanes) is 1. The van der Waals surface area contributed by atoms with Crippen LogP contribution >= 0.6 is 0 Å². The van der Waals surface area contributed by atoms with Crippen LogP contribution in [0, 0.1) is 0 Å². The third kappa shape index (κ3) is 4.10. The number of para-hydroxylation sites is 1. The summed E-state index contributed by atoms with van der Waals surface area (Å²) in [6.07, 6.45) is 5.20. The molecule has 0 bridgehead atoms. The second kappa shape index (κ2) is 8.20. The number of carbonyl (C=O) groups excluding carboxylic acids is 1. The molecule has 3 aromatic rings. The highest BCUT2D eigenvalue weighted by molar-refractivity contribution is 6.05. The number of anilines is 1. The highest BCUT2D eigenvalue weighted by Crippen LogP contribution is 2.18. The second-order valence-electron chi connectivity index (χ2n) is 5.81. The van der Waals surface area contributed by atoms with Crippen LogP contribution in [0.25, 0.3) is 11.4 Å². The first kappa shape index (κ1) is 16.8. The Morgan fingerprint density at radius 3 is 2.12 bits per heavy atom. The molecule has 3 rings (SSSR count). The van der Waals surface area contributed by atoms with E-state index in [1.807, 2.05) is 60.7 Å². The van der Waals surface area contributed by atoms with Crippen molar-refractivity contribution in [3.63, 3.8) is 0 Å². The second-order valence-corrected chi connectivity index (χ2v) is 5.81. The number of aromatic nitrogens is 2. The maximum Gasteiger partial charge on any atom is 0.261 e. The van der Waals surface area contributed by atoms with E-state index in [-0.39, 0.29) is 5.91 Å². The Bertz CT molecular complexity index is 802. The summed E-state index contributed by atoms with van der Waals surface area (Å²) in [7, 11) is 0. The molecule has 126 valence electrons. The van der Waals surface area contributed by atoms with Gasteiger partial charge >= 0.3 is 0 Å². The first-order valence-electron chi connectivity index (χ1n) is 8.54. The van der Waals surface area contributed by atoms with Crippen LogP contribution in [0.5, 0.6) is 0 Å². The van der Waals surface area contributed by atoms with Gasteiger partial charge in [0, 0.05) is 30.2 Å². The van der Waals surface area contributed by atoms with Crippen LogP contribution in [-0.4, -0.2) is 22.4 Å². The zero-order valence-corrected chi connectivity index (χ0v) is 14.3. The minimum atomic E-state index is -0.0701. The lowest BCUT2D eigenvalue weighted by atomic mass is 10.2. The van der Waals surface area contributed by atoms with Crippen LogP contribution in [0.1, 0.15) is 30.1 Å². The van der Waals surface area contributed by atoms with Crippen LogP contribution in [-0.2, 0) is 0 Å². The monoisotopic (exact) mass is 331 g/mol. The molecule has 0 aliphatic carbocycles. The maximum absolute atomic E-state index is 12.9. The molecule has 0 radical (unpaired) electrons. The van der Waals surface area contributed by atoms with Gasteiger partial charge < -0.3 is 4.90 Å². The lowest BCUT2D eigenvalue weighted by Gasteiger charge is -2.22. The normalized spacial score (nSPS) is 10.4. The molecule has 0 spiro atoms. The van der Waals surface area contributed by atoms with Crippen LogP contribution in [0.4, 0.5) is 5.69 Å². The van der Waals surface area contributed by atoms with Crippen LogP contribution in [0.15, 0.2) is 73.1 Å². The summed E-state index contributed by atoms with van der Waals surface area (Å²) in [5.41, 5.74) is 2.33. The third-order valence-electron chi connectivity index (χ3n) is 3.98. The molecule has 0 N–H and O–H groups in total. The number of hydrogen-bond donors (Lipinski definition) is 0. The van der Waals surface area contributed by atoms with E-state index in [0.717, 1.165) is 24.1 Å². The Morgan fingerprint density at radius 2 is 1.52 bits per heavy atom. The molecule has 1 amide bonds. The molecule has 1 aromatic heterocycles. The molecule has 4 nitrogen and oxygen atoms in total. The fraction of sp³-hybridized carbons (Fsp3) is 0.190. The molecule has 0 atom stereocenters. The third-order valence-corrected chi connectivity index (χ3v) is 3.98. The topological polar surface area (TPSA) is 46.1 Å². The van der Waals surface area contributed by atoms with E-state index < -0.39 is 0 Å². The van der Waals surface area contributed by atoms with E-state index in [1.165, 1.54) is 0 Å². The summed E-state index contributed by atoms with van der Waals surface area (Å²) < 4.78 is 0. The fourth-order valence-electron chi connectivity index (χ4n) is 2.60. The summed E-state index contributed by atoms with van der Waals surface area (Å²) in [5, 5.41) is 0. The quantitative estimate of drug-likeness (QED) is 0.663. The van der Waals surface area contributed by atoms with Crippen molar-refractivity contribution in [1.29, 1.82) is 0 Å². The number of benzene rings is 2. The zero-order valence-electron chi connectivity index (χ0n) is 14.3. The van der Waals surface area contributed by atoms with E-state index >= 15 is 0 Å². The zero-order chi connectivity index (χ0) is 17.5. The van der Waals surface area contributed by atoms with Crippen molar-refractivity contribution in [2.75, 3.05) is 11.4 Å². The van der Waals surface area contributed by atoms with Crippen molar-refractivity contribution in [2.24, 2.45) is 0 Å². The van der Waals surface area contributed by atoms with E-state index in [0.29, 0.717) is 17.9 Å². The summed E-state index contributed by atoms with van der Waals surface area (Å²) in [6, 6.07) is 19.5. The van der Waals surface area contributed by atoms with Gasteiger partial charge in [0.05, 0.1) is 5.56 Å². The molecule has 25 heavy (non-hydrogen) atoms. The average Bonchev–Trinajstić information content (AvgIpc) is 2.70. The van der Waals surface area contributed by atoms with Gasteiger partial charge in [-0.3, -0.25) is 4.79 Å². The van der Waals surface area contributed by atoms with Gasteiger partial charge in [0.1, 0.15) is 0 Å². The van der Waals surface area contributed by atoms with Crippen LogP contribution in [0.3, 0.4) is 0 Å². The highest BCUT2D eigenvalue weighted by Gasteiger charge is 2.18. The van der Waals surface area contributed by atoms with Gasteiger partial charge in [-0.05, 0) is 18.6 Å². The Hall–Kier alpha value is -3.01. The minimum absolute atomic E-state index is 0.0701. The molecule has 0 aliphatic rings. The lowest BCUT2D eigenvalue weighted by Crippen LogP contribution is -2.32. The van der Waals surface area contributed by atoms with Crippen molar-refractivity contribution in [3.8, 4) is 11.4 Å². The van der Waals surface area contributed by atoms with Crippen molar-refractivity contribution in [2.45, 2.75) is 19.8 Å². The van der Waals surface area contributed by atoms with Gasteiger partial charge in [0.2, 0.25) is 0 Å². The van der Waals surface area contributed by atoms with E-state index in [9.17, 15) is 4.79 Å². The Morgan fingerprint density at radius 1 is 0.920 bits per heavy atom. The van der Waals surface area contributed by atoms with Gasteiger partial charge in [-0.15, -0.1) is 0 Å². The van der Waals surface area contributed by atoms with Crippen molar-refractivity contribution >= 4 is 11.6 Å². The number of hydrogen-bond acceptors (Lipinski definition) is 3. The van der Waals surface area contributed by atoms with Crippen molar-refractivity contribution < 1.29 is 4.79 Å². The SMILES string of the molecule is CCCCN(C(=O)c1cnc(-c2ccccc2)nc1)c1ccccc1. The molecule has 2 aromatic carbocycles. The van der Waals surface area contributed by atoms with Crippen LogP contribution < -0.4 is 4.90 Å². The highest BCUT2D eigenvalue weighted by atomic mass is 16.2. The Balaban J connectivity index is 1.84. The molecule has 0 unspecified atom stereocenters. The Kier molecular flexibility index (Phi) is 5.52. The molecular weight excluding hydrogens is 310 g/mol. The van der Waals surface area contributed by atoms with Gasteiger partial charge in [-0.25, -0.2) is 9.97 Å². The fourth-order valence-corrected chi connectivity index (χ4v) is 2.60. The largest absolute Gasteiger partial charge is 0.308 e. The van der Waals surface area contributed by atoms with Gasteiger partial charge in [0.15, 0.2) is 5.82 Å². The summed E-state index contributed by atoms with van der Waals surface area (Å²) >= 11 is 0. The summed E-state index contributed by atoms with van der Waals surface area (Å²) in [6.45, 7) is 2.80. The average molecular weight is 331 g/mol. The van der Waals surface area contributed by atoms with Gasteiger partial charge in [-0.1, -0.05) is 61.9 Å².